The molecule has 0 amide bonds. The Morgan fingerprint density at radius 1 is 1.35 bits per heavy atom. The van der Waals surface area contributed by atoms with Gasteiger partial charge in [-0.15, -0.1) is 0 Å². The Kier molecular flexibility index (Phi) is 2.71. The minimum absolute atomic E-state index is 0.436. The standard InChI is InChI=1S/C14H20N2O/c1-10-5-6-11(9-12(10)15)16-7-8-17-14-4-2-3-13(14)16/h5-6,9,13-14H,2-4,7-8,15H2,1H3. The van der Waals surface area contributed by atoms with Crippen LogP contribution in [0.4, 0.5) is 11.4 Å². The molecule has 2 aliphatic rings. The third kappa shape index (κ3) is 1.89. The summed E-state index contributed by atoms with van der Waals surface area (Å²) in [7, 11) is 0. The largest absolute Gasteiger partial charge is 0.398 e. The summed E-state index contributed by atoms with van der Waals surface area (Å²) >= 11 is 0. The maximum atomic E-state index is 6.01. The smallest absolute Gasteiger partial charge is 0.0779 e. The molecule has 0 aromatic heterocycles. The molecule has 1 saturated carbocycles. The first-order chi connectivity index (χ1) is 8.25. The predicted octanol–water partition coefficient (Wildman–Crippen LogP) is 2.33. The lowest BCUT2D eigenvalue weighted by molar-refractivity contribution is 0.0256. The SMILES string of the molecule is Cc1ccc(N2CCOC3CCCC32)cc1N. The third-order valence-corrected chi connectivity index (χ3v) is 4.08. The van der Waals surface area contributed by atoms with Crippen molar-refractivity contribution in [2.75, 3.05) is 23.8 Å². The maximum Gasteiger partial charge on any atom is 0.0779 e. The van der Waals surface area contributed by atoms with Gasteiger partial charge < -0.3 is 15.4 Å². The van der Waals surface area contributed by atoms with Crippen LogP contribution in [0.2, 0.25) is 0 Å². The van der Waals surface area contributed by atoms with E-state index in [4.69, 9.17) is 10.5 Å². The maximum absolute atomic E-state index is 6.01. The van der Waals surface area contributed by atoms with Crippen molar-refractivity contribution in [3.05, 3.63) is 23.8 Å². The second-order valence-corrected chi connectivity index (χ2v) is 5.14. The van der Waals surface area contributed by atoms with Crippen LogP contribution in [0.25, 0.3) is 0 Å². The van der Waals surface area contributed by atoms with E-state index in [1.165, 1.54) is 24.9 Å². The van der Waals surface area contributed by atoms with Gasteiger partial charge in [0.2, 0.25) is 0 Å². The van der Waals surface area contributed by atoms with E-state index in [1.54, 1.807) is 0 Å². The van der Waals surface area contributed by atoms with E-state index in [2.05, 4.69) is 30.0 Å². The van der Waals surface area contributed by atoms with Crippen molar-refractivity contribution >= 4 is 11.4 Å². The summed E-state index contributed by atoms with van der Waals surface area (Å²) in [4.78, 5) is 2.48. The fraction of sp³-hybridized carbons (Fsp3) is 0.571. The highest BCUT2D eigenvalue weighted by Gasteiger charge is 2.36. The van der Waals surface area contributed by atoms with E-state index < -0.39 is 0 Å². The molecule has 0 radical (unpaired) electrons. The van der Waals surface area contributed by atoms with Gasteiger partial charge in [-0.25, -0.2) is 0 Å². The zero-order valence-corrected chi connectivity index (χ0v) is 10.4. The molecule has 17 heavy (non-hydrogen) atoms. The van der Waals surface area contributed by atoms with Crippen LogP contribution in [0.15, 0.2) is 18.2 Å². The lowest BCUT2D eigenvalue weighted by Gasteiger charge is -2.39. The van der Waals surface area contributed by atoms with Gasteiger partial charge in [0.15, 0.2) is 0 Å². The summed E-state index contributed by atoms with van der Waals surface area (Å²) < 4.78 is 5.83. The molecule has 0 spiro atoms. The average Bonchev–Trinajstić information content (AvgIpc) is 2.80. The Bertz CT molecular complexity index is 419. The van der Waals surface area contributed by atoms with Gasteiger partial charge in [-0.05, 0) is 43.9 Å². The van der Waals surface area contributed by atoms with E-state index in [-0.39, 0.29) is 0 Å². The summed E-state index contributed by atoms with van der Waals surface area (Å²) in [6, 6.07) is 6.97. The van der Waals surface area contributed by atoms with E-state index >= 15 is 0 Å². The fourth-order valence-corrected chi connectivity index (χ4v) is 3.05. The molecule has 1 heterocycles. The van der Waals surface area contributed by atoms with Crippen LogP contribution in [0.1, 0.15) is 24.8 Å². The zero-order chi connectivity index (χ0) is 11.8. The Morgan fingerprint density at radius 2 is 2.24 bits per heavy atom. The molecule has 1 saturated heterocycles. The van der Waals surface area contributed by atoms with Gasteiger partial charge in [0.25, 0.3) is 0 Å². The molecular formula is C14H20N2O. The number of fused-ring (bicyclic) bond motifs is 1. The van der Waals surface area contributed by atoms with Crippen molar-refractivity contribution in [2.45, 2.75) is 38.3 Å². The number of benzene rings is 1. The fourth-order valence-electron chi connectivity index (χ4n) is 3.05. The van der Waals surface area contributed by atoms with E-state index in [9.17, 15) is 0 Å². The lowest BCUT2D eigenvalue weighted by Crippen LogP contribution is -2.48. The highest BCUT2D eigenvalue weighted by molar-refractivity contribution is 5.60. The molecule has 2 unspecified atom stereocenters. The number of morpholine rings is 1. The Morgan fingerprint density at radius 3 is 3.06 bits per heavy atom. The predicted molar refractivity (Wildman–Crippen MR) is 70.3 cm³/mol. The lowest BCUT2D eigenvalue weighted by atomic mass is 10.1. The van der Waals surface area contributed by atoms with Crippen molar-refractivity contribution in [1.29, 1.82) is 0 Å². The Hall–Kier alpha value is -1.22. The average molecular weight is 232 g/mol. The first kappa shape index (κ1) is 10.9. The summed E-state index contributed by atoms with van der Waals surface area (Å²) in [5.74, 6) is 0. The van der Waals surface area contributed by atoms with Gasteiger partial charge in [0, 0.05) is 17.9 Å². The number of aryl methyl sites for hydroxylation is 1. The first-order valence-electron chi connectivity index (χ1n) is 6.50. The first-order valence-corrected chi connectivity index (χ1v) is 6.50. The molecule has 3 nitrogen and oxygen atoms in total. The molecule has 1 aromatic carbocycles. The third-order valence-electron chi connectivity index (χ3n) is 4.08. The number of nitrogen functional groups attached to an aromatic ring is 1. The van der Waals surface area contributed by atoms with Gasteiger partial charge in [0.05, 0.1) is 18.8 Å². The van der Waals surface area contributed by atoms with E-state index in [0.29, 0.717) is 12.1 Å². The Labute approximate surface area is 103 Å². The number of hydrogen-bond donors (Lipinski definition) is 1. The van der Waals surface area contributed by atoms with Gasteiger partial charge in [-0.2, -0.15) is 0 Å². The number of ether oxygens (including phenoxy) is 1. The van der Waals surface area contributed by atoms with Crippen molar-refractivity contribution in [3.63, 3.8) is 0 Å². The number of nitrogens with two attached hydrogens (primary N) is 1. The van der Waals surface area contributed by atoms with Crippen molar-refractivity contribution in [3.8, 4) is 0 Å². The quantitative estimate of drug-likeness (QED) is 0.755. The molecule has 3 heteroatoms. The van der Waals surface area contributed by atoms with E-state index in [1.807, 2.05) is 0 Å². The molecule has 92 valence electrons. The minimum Gasteiger partial charge on any atom is -0.398 e. The number of nitrogens with zero attached hydrogens (tertiary/aromatic N) is 1. The van der Waals surface area contributed by atoms with E-state index in [0.717, 1.165) is 24.4 Å². The number of anilines is 2. The van der Waals surface area contributed by atoms with Crippen LogP contribution in [0.5, 0.6) is 0 Å². The van der Waals surface area contributed by atoms with Crippen molar-refractivity contribution in [2.24, 2.45) is 0 Å². The molecule has 2 fully saturated rings. The van der Waals surface area contributed by atoms with Crippen LogP contribution >= 0.6 is 0 Å². The van der Waals surface area contributed by atoms with Crippen LogP contribution in [0, 0.1) is 6.92 Å². The van der Waals surface area contributed by atoms with Gasteiger partial charge >= 0.3 is 0 Å². The molecular weight excluding hydrogens is 212 g/mol. The minimum atomic E-state index is 0.436. The van der Waals surface area contributed by atoms with Crippen molar-refractivity contribution < 1.29 is 4.74 Å². The summed E-state index contributed by atoms with van der Waals surface area (Å²) in [6.07, 6.45) is 4.18. The normalized spacial score (nSPS) is 28.2. The van der Waals surface area contributed by atoms with Crippen LogP contribution in [-0.2, 0) is 4.74 Å². The molecule has 3 rings (SSSR count). The number of rotatable bonds is 1. The van der Waals surface area contributed by atoms with Gasteiger partial charge in [0.1, 0.15) is 0 Å². The molecule has 0 bridgehead atoms. The Balaban J connectivity index is 1.89. The van der Waals surface area contributed by atoms with Crippen molar-refractivity contribution in [1.82, 2.24) is 0 Å². The zero-order valence-electron chi connectivity index (χ0n) is 10.4. The summed E-state index contributed by atoms with van der Waals surface area (Å²) in [5.41, 5.74) is 9.31. The highest BCUT2D eigenvalue weighted by atomic mass is 16.5. The molecule has 1 aliphatic carbocycles. The second kappa shape index (κ2) is 4.22. The van der Waals surface area contributed by atoms with Gasteiger partial charge in [-0.3, -0.25) is 0 Å². The molecule has 1 aromatic rings. The van der Waals surface area contributed by atoms with Crippen LogP contribution in [-0.4, -0.2) is 25.3 Å². The topological polar surface area (TPSA) is 38.5 Å². The van der Waals surface area contributed by atoms with Crippen LogP contribution < -0.4 is 10.6 Å². The number of hydrogen-bond acceptors (Lipinski definition) is 3. The summed E-state index contributed by atoms with van der Waals surface area (Å²) in [6.45, 7) is 3.88. The highest BCUT2D eigenvalue weighted by Crippen LogP contribution is 2.34. The molecule has 2 atom stereocenters. The van der Waals surface area contributed by atoms with Crippen LogP contribution in [0.3, 0.4) is 0 Å². The second-order valence-electron chi connectivity index (χ2n) is 5.14. The monoisotopic (exact) mass is 232 g/mol. The summed E-state index contributed by atoms with van der Waals surface area (Å²) in [5, 5.41) is 0. The van der Waals surface area contributed by atoms with Gasteiger partial charge in [-0.1, -0.05) is 6.07 Å². The molecule has 1 aliphatic heterocycles. The molecule has 2 N–H and O–H groups in total.